The number of ether oxygens (including phenoxy) is 2. The van der Waals surface area contributed by atoms with Gasteiger partial charge in [-0.05, 0) is 55.5 Å². The van der Waals surface area contributed by atoms with Gasteiger partial charge in [0.15, 0.2) is 6.10 Å². The molecule has 0 heterocycles. The number of halogens is 1. The van der Waals surface area contributed by atoms with Crippen LogP contribution in [0.2, 0.25) is 0 Å². The van der Waals surface area contributed by atoms with E-state index < -0.39 is 24.3 Å². The number of phenolic OH excluding ortho intramolecular Hbond substituents is 1. The molecule has 0 aromatic heterocycles. The van der Waals surface area contributed by atoms with Crippen molar-refractivity contribution < 1.29 is 29.3 Å². The molecule has 156 valence electrons. The molecule has 0 aliphatic rings. The van der Waals surface area contributed by atoms with Crippen molar-refractivity contribution >= 4 is 33.7 Å². The fourth-order valence-corrected chi connectivity index (χ4v) is 2.94. The van der Waals surface area contributed by atoms with Crippen molar-refractivity contribution in [3.8, 4) is 11.8 Å². The molecular formula is C21H19BrN2O6. The molecule has 0 saturated heterocycles. The van der Waals surface area contributed by atoms with Gasteiger partial charge in [-0.25, -0.2) is 9.59 Å². The molecule has 2 aromatic carbocycles. The highest BCUT2D eigenvalue weighted by Crippen LogP contribution is 2.34. The van der Waals surface area contributed by atoms with Crippen molar-refractivity contribution in [2.75, 3.05) is 11.9 Å². The Balaban J connectivity index is 2.33. The van der Waals surface area contributed by atoms with E-state index in [0.29, 0.717) is 15.7 Å². The van der Waals surface area contributed by atoms with Crippen LogP contribution < -0.4 is 5.32 Å². The molecule has 0 aliphatic heterocycles. The Kier molecular flexibility index (Phi) is 8.41. The van der Waals surface area contributed by atoms with E-state index in [0.717, 1.165) is 6.08 Å². The largest absolute Gasteiger partial charge is 0.508 e. The molecule has 3 N–H and O–H groups in total. The van der Waals surface area contributed by atoms with Gasteiger partial charge in [-0.2, -0.15) is 5.26 Å². The molecule has 8 nitrogen and oxygen atoms in total. The molecule has 0 fully saturated rings. The van der Waals surface area contributed by atoms with Crippen LogP contribution in [-0.4, -0.2) is 35.0 Å². The van der Waals surface area contributed by atoms with E-state index in [1.165, 1.54) is 36.4 Å². The number of benzene rings is 2. The normalized spacial score (nSPS) is 12.7. The summed E-state index contributed by atoms with van der Waals surface area (Å²) in [7, 11) is 0. The predicted molar refractivity (Wildman–Crippen MR) is 112 cm³/mol. The minimum Gasteiger partial charge on any atom is -0.508 e. The lowest BCUT2D eigenvalue weighted by molar-refractivity contribution is -0.131. The monoisotopic (exact) mass is 474 g/mol. The third-order valence-electron chi connectivity index (χ3n) is 3.88. The molecule has 9 heteroatoms. The topological polar surface area (TPSA) is 129 Å². The first-order valence-electron chi connectivity index (χ1n) is 8.83. The number of nitrogens with one attached hydrogen (secondary N) is 1. The van der Waals surface area contributed by atoms with Gasteiger partial charge in [-0.15, -0.1) is 0 Å². The summed E-state index contributed by atoms with van der Waals surface area (Å²) in [5.74, 6) is -1.35. The Morgan fingerprint density at radius 2 is 1.97 bits per heavy atom. The van der Waals surface area contributed by atoms with Crippen LogP contribution in [0.1, 0.15) is 24.2 Å². The van der Waals surface area contributed by atoms with Gasteiger partial charge in [0.25, 0.3) is 0 Å². The number of nitriles is 1. The van der Waals surface area contributed by atoms with Gasteiger partial charge in [-0.1, -0.05) is 15.9 Å². The molecule has 1 amide bonds. The summed E-state index contributed by atoms with van der Waals surface area (Å²) >= 11 is 3.30. The van der Waals surface area contributed by atoms with Gasteiger partial charge in [0.05, 0.1) is 11.6 Å². The number of anilines is 1. The smallest absolute Gasteiger partial charge is 0.412 e. The predicted octanol–water partition coefficient (Wildman–Crippen LogP) is 4.36. The number of nitrogens with zero attached hydrogens (tertiary/aromatic N) is 1. The third kappa shape index (κ3) is 6.62. The summed E-state index contributed by atoms with van der Waals surface area (Å²) in [4.78, 5) is 23.5. The highest BCUT2D eigenvalue weighted by atomic mass is 79.9. The molecule has 0 bridgehead atoms. The van der Waals surface area contributed by atoms with Gasteiger partial charge in [0.1, 0.15) is 11.9 Å². The number of carbonyl (C=O) groups excluding carboxylic acids is 1. The fraction of sp³-hybridized carbons (Fsp3) is 0.190. The van der Waals surface area contributed by atoms with E-state index in [1.54, 1.807) is 19.1 Å². The number of carbonyl (C=O) groups is 2. The van der Waals surface area contributed by atoms with Crippen LogP contribution in [0.4, 0.5) is 10.5 Å². The number of carboxylic acids is 1. The number of aliphatic carboxylic acids is 1. The minimum atomic E-state index is -1.20. The van der Waals surface area contributed by atoms with Gasteiger partial charge in [0.2, 0.25) is 0 Å². The van der Waals surface area contributed by atoms with E-state index in [1.807, 2.05) is 6.07 Å². The first-order chi connectivity index (χ1) is 14.3. The Morgan fingerprint density at radius 1 is 1.27 bits per heavy atom. The van der Waals surface area contributed by atoms with Crippen molar-refractivity contribution in [2.45, 2.75) is 19.1 Å². The quantitative estimate of drug-likeness (QED) is 0.484. The van der Waals surface area contributed by atoms with Crippen LogP contribution in [0.25, 0.3) is 0 Å². The zero-order chi connectivity index (χ0) is 22.1. The van der Waals surface area contributed by atoms with Gasteiger partial charge < -0.3 is 19.7 Å². The zero-order valence-electron chi connectivity index (χ0n) is 15.9. The zero-order valence-corrected chi connectivity index (χ0v) is 17.5. The maximum absolute atomic E-state index is 12.5. The number of rotatable bonds is 8. The first kappa shape index (κ1) is 22.9. The van der Waals surface area contributed by atoms with E-state index in [2.05, 4.69) is 21.2 Å². The molecule has 0 saturated carbocycles. The lowest BCUT2D eigenvalue weighted by Gasteiger charge is -2.26. The summed E-state index contributed by atoms with van der Waals surface area (Å²) < 4.78 is 11.7. The standard InChI is InChI=1S/C21H19BrN2O6/c1-2-29-18(9-10-19(26)27)20(16-11-14(22)5-8-17(16)25)30-21(28)24-15-6-3-13(12-23)4-7-15/h3-11,18,20,25H,2H2,1H3,(H,24,28)(H,26,27)/b10-9+/t18-,20-/m0/s1. The summed E-state index contributed by atoms with van der Waals surface area (Å²) in [5, 5.41) is 30.6. The van der Waals surface area contributed by atoms with Crippen molar-refractivity contribution in [3.63, 3.8) is 0 Å². The maximum Gasteiger partial charge on any atom is 0.412 e. The van der Waals surface area contributed by atoms with E-state index in [9.17, 15) is 14.7 Å². The van der Waals surface area contributed by atoms with Crippen LogP contribution in [-0.2, 0) is 14.3 Å². The van der Waals surface area contributed by atoms with Crippen LogP contribution in [0.15, 0.2) is 59.1 Å². The number of hydrogen-bond donors (Lipinski definition) is 3. The molecular weight excluding hydrogens is 456 g/mol. The fourth-order valence-electron chi connectivity index (χ4n) is 2.56. The SMILES string of the molecule is CCO[C@@H](/C=C/C(=O)O)[C@@H](OC(=O)Nc1ccc(C#N)cc1)c1cc(Br)ccc1O. The van der Waals surface area contributed by atoms with Crippen LogP contribution in [0.5, 0.6) is 5.75 Å². The van der Waals surface area contributed by atoms with Gasteiger partial charge in [-0.3, -0.25) is 5.32 Å². The Labute approximate surface area is 181 Å². The van der Waals surface area contributed by atoms with Gasteiger partial charge >= 0.3 is 12.1 Å². The second-order valence-electron chi connectivity index (χ2n) is 5.96. The third-order valence-corrected chi connectivity index (χ3v) is 4.37. The van der Waals surface area contributed by atoms with Crippen molar-refractivity contribution in [2.24, 2.45) is 0 Å². The molecule has 2 atom stereocenters. The molecule has 0 spiro atoms. The highest BCUT2D eigenvalue weighted by molar-refractivity contribution is 9.10. The summed E-state index contributed by atoms with van der Waals surface area (Å²) in [6, 6.07) is 12.7. The minimum absolute atomic E-state index is 0.150. The number of carboxylic acid groups (broad SMARTS) is 1. The number of aromatic hydroxyl groups is 1. The lowest BCUT2D eigenvalue weighted by atomic mass is 10.0. The molecule has 2 aromatic rings. The number of amides is 1. The summed E-state index contributed by atoms with van der Waals surface area (Å²) in [5.41, 5.74) is 1.05. The van der Waals surface area contributed by atoms with E-state index >= 15 is 0 Å². The average Bonchev–Trinajstić information content (AvgIpc) is 2.72. The first-order valence-corrected chi connectivity index (χ1v) is 9.62. The maximum atomic E-state index is 12.5. The van der Waals surface area contributed by atoms with Crippen LogP contribution in [0.3, 0.4) is 0 Å². The average molecular weight is 475 g/mol. The lowest BCUT2D eigenvalue weighted by Crippen LogP contribution is -2.28. The second kappa shape index (κ2) is 11.0. The van der Waals surface area contributed by atoms with E-state index in [-0.39, 0.29) is 17.9 Å². The molecule has 30 heavy (non-hydrogen) atoms. The van der Waals surface area contributed by atoms with E-state index in [4.69, 9.17) is 19.8 Å². The van der Waals surface area contributed by atoms with Crippen molar-refractivity contribution in [3.05, 3.63) is 70.2 Å². The van der Waals surface area contributed by atoms with Crippen LogP contribution >= 0.6 is 15.9 Å². The Hall–Kier alpha value is -3.35. The number of hydrogen-bond acceptors (Lipinski definition) is 6. The Morgan fingerprint density at radius 3 is 2.57 bits per heavy atom. The van der Waals surface area contributed by atoms with Crippen LogP contribution in [0, 0.1) is 11.3 Å². The molecule has 0 radical (unpaired) electrons. The highest BCUT2D eigenvalue weighted by Gasteiger charge is 2.29. The summed E-state index contributed by atoms with van der Waals surface area (Å²) in [6.07, 6.45) is -0.845. The molecule has 0 unspecified atom stereocenters. The molecule has 2 rings (SSSR count). The van der Waals surface area contributed by atoms with Crippen molar-refractivity contribution in [1.29, 1.82) is 5.26 Å². The summed E-state index contributed by atoms with van der Waals surface area (Å²) in [6.45, 7) is 1.91. The second-order valence-corrected chi connectivity index (χ2v) is 6.88. The Bertz CT molecular complexity index is 968. The number of phenols is 1. The molecule has 0 aliphatic carbocycles. The van der Waals surface area contributed by atoms with Gasteiger partial charge in [0, 0.05) is 28.4 Å². The van der Waals surface area contributed by atoms with Crippen molar-refractivity contribution in [1.82, 2.24) is 0 Å².